The van der Waals surface area contributed by atoms with Crippen molar-refractivity contribution in [2.45, 2.75) is 56.4 Å². The maximum atomic E-state index is 12.2. The van der Waals surface area contributed by atoms with E-state index in [9.17, 15) is 13.2 Å². The monoisotopic (exact) mass is 354 g/mol. The Kier molecular flexibility index (Phi) is 7.05. The van der Waals surface area contributed by atoms with E-state index >= 15 is 0 Å². The molecule has 1 aromatic carbocycles. The Bertz CT molecular complexity index is 622. The number of carbonyl (C=O) groups excluding carboxylic acids is 1. The average Bonchev–Trinajstić information content (AvgIpc) is 3.04. The fourth-order valence-electron chi connectivity index (χ4n) is 2.70. The lowest BCUT2D eigenvalue weighted by Crippen LogP contribution is -2.26. The van der Waals surface area contributed by atoms with Crippen molar-refractivity contribution in [1.82, 2.24) is 10.0 Å². The number of carbonyl (C=O) groups is 1. The minimum atomic E-state index is -3.50. The number of nitrogens with one attached hydrogen (secondary N) is 2. The van der Waals surface area contributed by atoms with Gasteiger partial charge in [-0.15, -0.1) is 0 Å². The Morgan fingerprint density at radius 2 is 1.75 bits per heavy atom. The van der Waals surface area contributed by atoms with Gasteiger partial charge in [0.05, 0.1) is 11.0 Å². The van der Waals surface area contributed by atoms with Gasteiger partial charge >= 0.3 is 0 Å². The van der Waals surface area contributed by atoms with E-state index in [1.165, 1.54) is 19.8 Å². The lowest BCUT2D eigenvalue weighted by atomic mass is 10.3. The molecule has 0 atom stereocenters. The minimum absolute atomic E-state index is 0.0736. The van der Waals surface area contributed by atoms with Gasteiger partial charge < -0.3 is 10.1 Å². The molecule has 1 aliphatic rings. The number of hydrogen-bond donors (Lipinski definition) is 2. The summed E-state index contributed by atoms with van der Waals surface area (Å²) in [5, 5.41) is 2.68. The molecule has 2 rings (SSSR count). The van der Waals surface area contributed by atoms with Crippen LogP contribution in [0.4, 0.5) is 0 Å². The van der Waals surface area contributed by atoms with Gasteiger partial charge in [-0.3, -0.25) is 4.79 Å². The van der Waals surface area contributed by atoms with Gasteiger partial charge in [-0.25, -0.2) is 13.1 Å². The van der Waals surface area contributed by atoms with E-state index in [0.717, 1.165) is 25.0 Å². The zero-order valence-corrected chi connectivity index (χ0v) is 14.9. The van der Waals surface area contributed by atoms with Gasteiger partial charge in [0.1, 0.15) is 5.75 Å². The quantitative estimate of drug-likeness (QED) is 0.666. The molecule has 0 aliphatic heterocycles. The first-order valence-corrected chi connectivity index (χ1v) is 9.96. The molecule has 1 fully saturated rings. The number of hydrogen-bond acceptors (Lipinski definition) is 4. The van der Waals surface area contributed by atoms with Crippen LogP contribution in [0, 0.1) is 0 Å². The fourth-order valence-corrected chi connectivity index (χ4v) is 3.77. The smallest absolute Gasteiger partial charge is 0.240 e. The molecule has 1 aromatic rings. The molecule has 134 valence electrons. The maximum absolute atomic E-state index is 12.2. The Hall–Kier alpha value is -1.60. The molecule has 0 aromatic heterocycles. The van der Waals surface area contributed by atoms with Crippen LogP contribution in [-0.4, -0.2) is 33.5 Å². The van der Waals surface area contributed by atoms with Crippen molar-refractivity contribution in [1.29, 1.82) is 0 Å². The van der Waals surface area contributed by atoms with Gasteiger partial charge in [0.25, 0.3) is 0 Å². The summed E-state index contributed by atoms with van der Waals surface area (Å²) in [6.07, 6.45) is 6.19. The van der Waals surface area contributed by atoms with Crippen LogP contribution in [0.15, 0.2) is 29.2 Å². The van der Waals surface area contributed by atoms with Crippen LogP contribution >= 0.6 is 0 Å². The second-order valence-corrected chi connectivity index (χ2v) is 7.85. The minimum Gasteiger partial charge on any atom is -0.490 e. The fraction of sp³-hybridized carbons (Fsp3) is 0.588. The number of unbranched alkanes of at least 4 members (excludes halogenated alkanes) is 1. The van der Waals surface area contributed by atoms with E-state index in [0.29, 0.717) is 19.5 Å². The summed E-state index contributed by atoms with van der Waals surface area (Å²) < 4.78 is 32.8. The van der Waals surface area contributed by atoms with E-state index < -0.39 is 10.0 Å². The molecule has 0 spiro atoms. The third kappa shape index (κ3) is 6.13. The molecule has 0 heterocycles. The highest BCUT2D eigenvalue weighted by molar-refractivity contribution is 7.89. The van der Waals surface area contributed by atoms with Crippen LogP contribution in [0.2, 0.25) is 0 Å². The van der Waals surface area contributed by atoms with Crippen molar-refractivity contribution in [3.8, 4) is 5.75 Å². The predicted octanol–water partition coefficient (Wildman–Crippen LogP) is 2.20. The molecular weight excluding hydrogens is 328 g/mol. The Balaban J connectivity index is 1.77. The van der Waals surface area contributed by atoms with Crippen LogP contribution in [0.3, 0.4) is 0 Å². The number of ether oxygens (including phenoxy) is 1. The lowest BCUT2D eigenvalue weighted by Gasteiger charge is -2.13. The van der Waals surface area contributed by atoms with Crippen molar-refractivity contribution >= 4 is 15.9 Å². The highest BCUT2D eigenvalue weighted by Gasteiger charge is 2.17. The van der Waals surface area contributed by atoms with E-state index in [2.05, 4.69) is 10.0 Å². The summed E-state index contributed by atoms with van der Waals surface area (Å²) in [5.74, 6) is 0.645. The topological polar surface area (TPSA) is 84.5 Å². The molecule has 0 saturated heterocycles. The molecule has 1 amide bonds. The second kappa shape index (κ2) is 9.03. The maximum Gasteiger partial charge on any atom is 0.240 e. The van der Waals surface area contributed by atoms with Gasteiger partial charge in [0.2, 0.25) is 15.9 Å². The van der Waals surface area contributed by atoms with Crippen molar-refractivity contribution in [2.24, 2.45) is 0 Å². The van der Waals surface area contributed by atoms with E-state index in [4.69, 9.17) is 4.74 Å². The summed E-state index contributed by atoms with van der Waals surface area (Å²) in [6.45, 7) is 2.37. The van der Waals surface area contributed by atoms with Crippen molar-refractivity contribution in [3.05, 3.63) is 24.3 Å². The van der Waals surface area contributed by atoms with Crippen molar-refractivity contribution in [3.63, 3.8) is 0 Å². The third-order valence-electron chi connectivity index (χ3n) is 4.01. The zero-order valence-electron chi connectivity index (χ0n) is 14.1. The van der Waals surface area contributed by atoms with E-state index in [-0.39, 0.29) is 16.9 Å². The molecular formula is C17H26N2O4S. The molecule has 0 unspecified atom stereocenters. The number of rotatable bonds is 9. The first-order chi connectivity index (χ1) is 11.5. The SMILES string of the molecule is CC(=O)NCCCCNS(=O)(=O)c1ccc(OC2CCCC2)cc1. The van der Waals surface area contributed by atoms with Crippen LogP contribution in [-0.2, 0) is 14.8 Å². The molecule has 2 N–H and O–H groups in total. The second-order valence-electron chi connectivity index (χ2n) is 6.08. The Morgan fingerprint density at radius 3 is 2.38 bits per heavy atom. The molecule has 1 saturated carbocycles. The largest absolute Gasteiger partial charge is 0.490 e. The van der Waals surface area contributed by atoms with Crippen LogP contribution in [0.5, 0.6) is 5.75 Å². The highest BCUT2D eigenvalue weighted by Crippen LogP contribution is 2.24. The third-order valence-corrected chi connectivity index (χ3v) is 5.49. The van der Waals surface area contributed by atoms with Crippen molar-refractivity contribution < 1.29 is 17.9 Å². The average molecular weight is 354 g/mol. The molecule has 7 heteroatoms. The standard InChI is InChI=1S/C17H26N2O4S/c1-14(20)18-12-4-5-13-19-24(21,22)17-10-8-16(9-11-17)23-15-6-2-3-7-15/h8-11,15,19H,2-7,12-13H2,1H3,(H,18,20). The van der Waals surface area contributed by atoms with Crippen LogP contribution in [0.25, 0.3) is 0 Å². The molecule has 0 bridgehead atoms. The first-order valence-electron chi connectivity index (χ1n) is 8.48. The predicted molar refractivity (Wildman–Crippen MR) is 92.4 cm³/mol. The van der Waals surface area contributed by atoms with E-state index in [1.54, 1.807) is 24.3 Å². The molecule has 6 nitrogen and oxygen atoms in total. The normalized spacial score (nSPS) is 15.4. The number of benzene rings is 1. The van der Waals surface area contributed by atoms with Gasteiger partial charge in [-0.1, -0.05) is 0 Å². The Labute approximate surface area is 144 Å². The summed E-state index contributed by atoms with van der Waals surface area (Å²) in [7, 11) is -3.50. The molecule has 0 radical (unpaired) electrons. The van der Waals surface area contributed by atoms with Gasteiger partial charge in [-0.2, -0.15) is 0 Å². The van der Waals surface area contributed by atoms with Crippen molar-refractivity contribution in [2.75, 3.05) is 13.1 Å². The summed E-state index contributed by atoms with van der Waals surface area (Å²) in [5.41, 5.74) is 0. The van der Waals surface area contributed by atoms with Gasteiger partial charge in [0, 0.05) is 20.0 Å². The Morgan fingerprint density at radius 1 is 1.12 bits per heavy atom. The highest BCUT2D eigenvalue weighted by atomic mass is 32.2. The zero-order chi connectivity index (χ0) is 17.4. The summed E-state index contributed by atoms with van der Waals surface area (Å²) >= 11 is 0. The molecule has 24 heavy (non-hydrogen) atoms. The van der Waals surface area contributed by atoms with Crippen LogP contribution in [0.1, 0.15) is 45.4 Å². The molecule has 1 aliphatic carbocycles. The summed E-state index contributed by atoms with van der Waals surface area (Å²) in [4.78, 5) is 11.0. The summed E-state index contributed by atoms with van der Waals surface area (Å²) in [6, 6.07) is 6.57. The number of amides is 1. The number of sulfonamides is 1. The van der Waals surface area contributed by atoms with Crippen LogP contribution < -0.4 is 14.8 Å². The first kappa shape index (κ1) is 18.7. The van der Waals surface area contributed by atoms with Gasteiger partial charge in [-0.05, 0) is 62.8 Å². The van der Waals surface area contributed by atoms with E-state index in [1.807, 2.05) is 0 Å². The lowest BCUT2D eigenvalue weighted by molar-refractivity contribution is -0.118. The van der Waals surface area contributed by atoms with Gasteiger partial charge in [0.15, 0.2) is 0 Å².